The van der Waals surface area contributed by atoms with Crippen molar-refractivity contribution in [3.05, 3.63) is 76.5 Å². The molecule has 1 saturated heterocycles. The first-order chi connectivity index (χ1) is 16.9. The monoisotopic (exact) mass is 470 g/mol. The van der Waals surface area contributed by atoms with Crippen LogP contribution in [-0.2, 0) is 13.0 Å². The van der Waals surface area contributed by atoms with Crippen LogP contribution in [0.2, 0.25) is 0 Å². The van der Waals surface area contributed by atoms with Crippen LogP contribution in [0.3, 0.4) is 0 Å². The Morgan fingerprint density at radius 2 is 1.54 bits per heavy atom. The van der Waals surface area contributed by atoms with Crippen LogP contribution in [0.4, 0.5) is 17.5 Å². The summed E-state index contributed by atoms with van der Waals surface area (Å²) in [5.74, 6) is 1.79. The van der Waals surface area contributed by atoms with Crippen molar-refractivity contribution in [2.45, 2.75) is 26.8 Å². The average Bonchev–Trinajstić information content (AvgIpc) is 2.88. The highest BCUT2D eigenvalue weighted by atomic mass is 16.2. The highest BCUT2D eigenvalue weighted by Gasteiger charge is 2.29. The van der Waals surface area contributed by atoms with Gasteiger partial charge in [0.2, 0.25) is 5.95 Å². The van der Waals surface area contributed by atoms with E-state index in [1.165, 1.54) is 11.3 Å². The van der Waals surface area contributed by atoms with Crippen molar-refractivity contribution < 1.29 is 4.79 Å². The highest BCUT2D eigenvalue weighted by molar-refractivity contribution is 5.95. The van der Waals surface area contributed by atoms with Gasteiger partial charge in [-0.2, -0.15) is 4.98 Å². The maximum Gasteiger partial charge on any atom is 0.254 e. The van der Waals surface area contributed by atoms with E-state index in [0.717, 1.165) is 66.8 Å². The minimum atomic E-state index is 0.0785. The Labute approximate surface area is 208 Å². The lowest BCUT2D eigenvalue weighted by Gasteiger charge is -2.37. The zero-order valence-corrected chi connectivity index (χ0v) is 21.2. The molecule has 2 aliphatic heterocycles. The van der Waals surface area contributed by atoms with E-state index in [9.17, 15) is 4.79 Å². The van der Waals surface area contributed by atoms with Crippen molar-refractivity contribution in [3.8, 4) is 0 Å². The molecule has 0 radical (unpaired) electrons. The van der Waals surface area contributed by atoms with E-state index < -0.39 is 0 Å². The number of anilines is 3. The van der Waals surface area contributed by atoms with E-state index in [1.54, 1.807) is 0 Å². The number of piperazine rings is 1. The van der Waals surface area contributed by atoms with Crippen molar-refractivity contribution >= 4 is 23.4 Å². The van der Waals surface area contributed by atoms with Crippen LogP contribution in [0.15, 0.2) is 48.5 Å². The molecule has 0 aliphatic carbocycles. The molecular weight excluding hydrogens is 436 g/mol. The molecule has 0 N–H and O–H groups in total. The normalized spacial score (nSPS) is 15.7. The SMILES string of the molecule is Cc1ccc(N2CCN(c3nc4c(c(N(C)C)n3)CN(C(=O)c3ccccc3C)CC4)CC2)cc1. The zero-order valence-electron chi connectivity index (χ0n) is 21.2. The molecule has 0 atom stereocenters. The fourth-order valence-electron chi connectivity index (χ4n) is 4.97. The third kappa shape index (κ3) is 4.67. The standard InChI is InChI=1S/C28H34N6O/c1-20-9-11-22(12-10-20)32-15-17-33(18-16-32)28-29-25-13-14-34(19-24(25)26(30-28)31(3)4)27(35)23-8-6-5-7-21(23)2/h5-12H,13-19H2,1-4H3. The van der Waals surface area contributed by atoms with Gasteiger partial charge in [0.1, 0.15) is 5.82 Å². The molecule has 5 rings (SSSR count). The molecule has 7 heteroatoms. The van der Waals surface area contributed by atoms with Crippen LogP contribution in [0.1, 0.15) is 32.7 Å². The molecule has 0 bridgehead atoms. The first kappa shape index (κ1) is 23.1. The van der Waals surface area contributed by atoms with Crippen LogP contribution in [0, 0.1) is 13.8 Å². The predicted octanol–water partition coefficient (Wildman–Crippen LogP) is 3.68. The summed E-state index contributed by atoms with van der Waals surface area (Å²) in [6, 6.07) is 16.5. The molecule has 2 aromatic carbocycles. The van der Waals surface area contributed by atoms with Gasteiger partial charge in [-0.3, -0.25) is 4.79 Å². The van der Waals surface area contributed by atoms with Gasteiger partial charge < -0.3 is 19.6 Å². The summed E-state index contributed by atoms with van der Waals surface area (Å²) in [7, 11) is 4.04. The smallest absolute Gasteiger partial charge is 0.254 e. The molecule has 3 aromatic rings. The average molecular weight is 471 g/mol. The summed E-state index contributed by atoms with van der Waals surface area (Å²) >= 11 is 0. The number of rotatable bonds is 4. The number of benzene rings is 2. The Balaban J connectivity index is 1.34. The molecular formula is C28H34N6O. The number of fused-ring (bicyclic) bond motifs is 1. The van der Waals surface area contributed by atoms with Crippen molar-refractivity contribution in [1.82, 2.24) is 14.9 Å². The second-order valence-electron chi connectivity index (χ2n) is 9.77. The van der Waals surface area contributed by atoms with E-state index in [0.29, 0.717) is 13.1 Å². The number of hydrogen-bond donors (Lipinski definition) is 0. The highest BCUT2D eigenvalue weighted by Crippen LogP contribution is 2.30. The van der Waals surface area contributed by atoms with Crippen molar-refractivity contribution in [2.24, 2.45) is 0 Å². The molecule has 1 amide bonds. The maximum absolute atomic E-state index is 13.3. The summed E-state index contributed by atoms with van der Waals surface area (Å²) in [5, 5.41) is 0. The molecule has 1 aromatic heterocycles. The first-order valence-corrected chi connectivity index (χ1v) is 12.4. The molecule has 7 nitrogen and oxygen atoms in total. The Morgan fingerprint density at radius 1 is 0.857 bits per heavy atom. The number of hydrogen-bond acceptors (Lipinski definition) is 6. The second-order valence-corrected chi connectivity index (χ2v) is 9.77. The van der Waals surface area contributed by atoms with Gasteiger partial charge in [-0.25, -0.2) is 4.98 Å². The molecule has 3 heterocycles. The van der Waals surface area contributed by atoms with E-state index in [2.05, 4.69) is 41.0 Å². The predicted molar refractivity (Wildman–Crippen MR) is 142 cm³/mol. The Kier molecular flexibility index (Phi) is 6.32. The zero-order chi connectivity index (χ0) is 24.5. The quantitative estimate of drug-likeness (QED) is 0.580. The number of carbonyl (C=O) groups excluding carboxylic acids is 1. The lowest BCUT2D eigenvalue weighted by atomic mass is 10.0. The topological polar surface area (TPSA) is 55.8 Å². The fourth-order valence-corrected chi connectivity index (χ4v) is 4.97. The Morgan fingerprint density at radius 3 is 2.23 bits per heavy atom. The van der Waals surface area contributed by atoms with Crippen LogP contribution in [0.25, 0.3) is 0 Å². The summed E-state index contributed by atoms with van der Waals surface area (Å²) in [5.41, 5.74) is 6.46. The first-order valence-electron chi connectivity index (χ1n) is 12.4. The Bertz CT molecular complexity index is 1210. The third-order valence-corrected chi connectivity index (χ3v) is 7.07. The minimum Gasteiger partial charge on any atom is -0.368 e. The van der Waals surface area contributed by atoms with Gasteiger partial charge in [-0.1, -0.05) is 35.9 Å². The van der Waals surface area contributed by atoms with Crippen molar-refractivity contribution in [2.75, 3.05) is 61.5 Å². The Hall–Kier alpha value is -3.61. The fraction of sp³-hybridized carbons (Fsp3) is 0.393. The van der Waals surface area contributed by atoms with Crippen LogP contribution < -0.4 is 14.7 Å². The van der Waals surface area contributed by atoms with Crippen molar-refractivity contribution in [3.63, 3.8) is 0 Å². The largest absolute Gasteiger partial charge is 0.368 e. The van der Waals surface area contributed by atoms with E-state index >= 15 is 0 Å². The minimum absolute atomic E-state index is 0.0785. The van der Waals surface area contributed by atoms with Gasteiger partial charge in [0.25, 0.3) is 5.91 Å². The molecule has 0 spiro atoms. The third-order valence-electron chi connectivity index (χ3n) is 7.07. The number of aromatic nitrogens is 2. The molecule has 0 unspecified atom stereocenters. The van der Waals surface area contributed by atoms with Gasteiger partial charge in [0.15, 0.2) is 0 Å². The van der Waals surface area contributed by atoms with Gasteiger partial charge in [-0.05, 0) is 37.6 Å². The van der Waals surface area contributed by atoms with E-state index in [4.69, 9.17) is 9.97 Å². The molecule has 0 saturated carbocycles. The number of aryl methyl sites for hydroxylation is 2. The molecule has 2 aliphatic rings. The summed E-state index contributed by atoms with van der Waals surface area (Å²) in [4.78, 5) is 31.9. The van der Waals surface area contributed by atoms with E-state index in [1.807, 2.05) is 55.1 Å². The summed E-state index contributed by atoms with van der Waals surface area (Å²) < 4.78 is 0. The van der Waals surface area contributed by atoms with Gasteiger partial charge in [-0.15, -0.1) is 0 Å². The second kappa shape index (κ2) is 9.56. The molecule has 182 valence electrons. The van der Waals surface area contributed by atoms with Crippen molar-refractivity contribution in [1.29, 1.82) is 0 Å². The van der Waals surface area contributed by atoms with Crippen LogP contribution in [0.5, 0.6) is 0 Å². The molecule has 1 fully saturated rings. The molecule has 35 heavy (non-hydrogen) atoms. The lowest BCUT2D eigenvalue weighted by molar-refractivity contribution is 0.0733. The van der Waals surface area contributed by atoms with Gasteiger partial charge in [0, 0.05) is 70.1 Å². The van der Waals surface area contributed by atoms with Gasteiger partial charge >= 0.3 is 0 Å². The summed E-state index contributed by atoms with van der Waals surface area (Å²) in [6.07, 6.45) is 0.743. The van der Waals surface area contributed by atoms with Crippen LogP contribution >= 0.6 is 0 Å². The summed E-state index contributed by atoms with van der Waals surface area (Å²) in [6.45, 7) is 8.98. The number of nitrogens with zero attached hydrogens (tertiary/aromatic N) is 6. The van der Waals surface area contributed by atoms with E-state index in [-0.39, 0.29) is 5.91 Å². The maximum atomic E-state index is 13.3. The van der Waals surface area contributed by atoms with Crippen LogP contribution in [-0.4, -0.2) is 67.6 Å². The lowest BCUT2D eigenvalue weighted by Crippen LogP contribution is -2.47. The van der Waals surface area contributed by atoms with Gasteiger partial charge in [0.05, 0.1) is 12.2 Å². The number of carbonyl (C=O) groups is 1. The number of amides is 1.